The predicted molar refractivity (Wildman–Crippen MR) is 138 cm³/mol. The number of aromatic carboxylic acids is 1. The average molecular weight is 587 g/mol. The number of ether oxygens (including phenoxy) is 2. The maximum Gasteiger partial charge on any atom is 0.417 e. The average Bonchev–Trinajstić information content (AvgIpc) is 3.42. The first-order valence-electron chi connectivity index (χ1n) is 12.2. The van der Waals surface area contributed by atoms with Crippen molar-refractivity contribution in [1.82, 2.24) is 30.1 Å². The van der Waals surface area contributed by atoms with E-state index in [9.17, 15) is 22.8 Å². The Morgan fingerprint density at radius 3 is 2.24 bits per heavy atom. The molecule has 3 heterocycles. The molecule has 11 nitrogen and oxygen atoms in total. The minimum atomic E-state index is -4.48. The molecule has 0 aliphatic carbocycles. The van der Waals surface area contributed by atoms with Crippen molar-refractivity contribution in [2.45, 2.75) is 29.4 Å². The molecule has 4 aromatic rings. The first-order chi connectivity index (χ1) is 19.7. The van der Waals surface area contributed by atoms with E-state index in [2.05, 4.69) is 20.5 Å². The number of benzene rings is 2. The number of piperidine rings is 1. The van der Waals surface area contributed by atoms with Gasteiger partial charge in [0.1, 0.15) is 11.5 Å². The second-order valence-corrected chi connectivity index (χ2v) is 10.1. The van der Waals surface area contributed by atoms with Crippen LogP contribution in [0.3, 0.4) is 0 Å². The van der Waals surface area contributed by atoms with Crippen LogP contribution >= 0.6 is 11.8 Å². The monoisotopic (exact) mass is 586 g/mol. The van der Waals surface area contributed by atoms with Crippen LogP contribution in [-0.2, 0) is 6.18 Å². The SMILES string of the molecule is O=C(O)c1ccc(-n2nnnc2SC2CCN(C(=O)Oc3ccc(Oc4ccc(C(F)(F)F)cn4)cc3)CC2)cc1. The maximum atomic E-state index is 12.7. The van der Waals surface area contributed by atoms with E-state index < -0.39 is 23.8 Å². The van der Waals surface area contributed by atoms with Gasteiger partial charge >= 0.3 is 18.2 Å². The largest absolute Gasteiger partial charge is 0.478 e. The number of pyridine rings is 1. The Balaban J connectivity index is 1.10. The van der Waals surface area contributed by atoms with Crippen molar-refractivity contribution < 1.29 is 37.3 Å². The second-order valence-electron chi connectivity index (χ2n) is 8.85. The lowest BCUT2D eigenvalue weighted by molar-refractivity contribution is -0.137. The first-order valence-corrected chi connectivity index (χ1v) is 13.1. The maximum absolute atomic E-state index is 12.7. The summed E-state index contributed by atoms with van der Waals surface area (Å²) in [5.74, 6) is -0.426. The summed E-state index contributed by atoms with van der Waals surface area (Å²) in [6.45, 7) is 0.929. The summed E-state index contributed by atoms with van der Waals surface area (Å²) in [5, 5.41) is 21.6. The van der Waals surface area contributed by atoms with Crippen LogP contribution in [0.25, 0.3) is 5.69 Å². The molecule has 1 aliphatic rings. The standard InChI is InChI=1S/C26H21F3N6O5S/c27-26(28,29)17-3-10-22(30-15-17)39-19-6-8-20(9-7-19)40-25(38)34-13-11-21(12-14-34)41-24-31-32-33-35(24)18-4-1-16(2-5-18)23(36)37/h1-10,15,21H,11-14H2,(H,36,37). The summed E-state index contributed by atoms with van der Waals surface area (Å²) < 4.78 is 50.5. The summed E-state index contributed by atoms with van der Waals surface area (Å²) in [6, 6.07) is 14.3. The first kappa shape index (κ1) is 27.9. The fraction of sp³-hybridized carbons (Fsp3) is 0.231. The quantitative estimate of drug-likeness (QED) is 0.303. The van der Waals surface area contributed by atoms with Crippen LogP contribution in [0.15, 0.2) is 72.0 Å². The molecular weight excluding hydrogens is 565 g/mol. The highest BCUT2D eigenvalue weighted by Crippen LogP contribution is 2.32. The van der Waals surface area contributed by atoms with Gasteiger partial charge in [0.25, 0.3) is 0 Å². The Morgan fingerprint density at radius 1 is 0.951 bits per heavy atom. The van der Waals surface area contributed by atoms with Crippen LogP contribution in [0.2, 0.25) is 0 Å². The number of aromatic nitrogens is 5. The molecule has 2 aromatic heterocycles. The van der Waals surface area contributed by atoms with Gasteiger partial charge in [-0.25, -0.2) is 14.6 Å². The van der Waals surface area contributed by atoms with Gasteiger partial charge in [-0.05, 0) is 77.9 Å². The Labute approximate surface area is 234 Å². The molecule has 0 saturated carbocycles. The lowest BCUT2D eigenvalue weighted by atomic mass is 10.1. The number of rotatable bonds is 7. The minimum Gasteiger partial charge on any atom is -0.478 e. The van der Waals surface area contributed by atoms with Gasteiger partial charge in [0.15, 0.2) is 0 Å². The van der Waals surface area contributed by atoms with E-state index >= 15 is 0 Å². The van der Waals surface area contributed by atoms with E-state index in [1.54, 1.807) is 17.0 Å². The highest BCUT2D eigenvalue weighted by atomic mass is 32.2. The van der Waals surface area contributed by atoms with Gasteiger partial charge in [-0.3, -0.25) is 0 Å². The molecule has 1 aliphatic heterocycles. The molecule has 212 valence electrons. The van der Waals surface area contributed by atoms with Gasteiger partial charge < -0.3 is 19.5 Å². The van der Waals surface area contributed by atoms with Gasteiger partial charge in [0.05, 0.1) is 16.8 Å². The fourth-order valence-corrected chi connectivity index (χ4v) is 5.01. The third kappa shape index (κ3) is 6.92. The number of amides is 1. The normalized spacial score (nSPS) is 14.1. The Bertz CT molecular complexity index is 1510. The van der Waals surface area contributed by atoms with Gasteiger partial charge in [0.2, 0.25) is 11.0 Å². The molecule has 2 aromatic carbocycles. The zero-order valence-electron chi connectivity index (χ0n) is 21.1. The van der Waals surface area contributed by atoms with Gasteiger partial charge in [-0.2, -0.15) is 17.9 Å². The third-order valence-electron chi connectivity index (χ3n) is 6.09. The molecule has 1 N–H and O–H groups in total. The van der Waals surface area contributed by atoms with Gasteiger partial charge in [-0.15, -0.1) is 5.10 Å². The number of carboxylic acids is 1. The molecule has 1 amide bonds. The number of alkyl halides is 3. The number of carbonyl (C=O) groups is 2. The van der Waals surface area contributed by atoms with E-state index in [-0.39, 0.29) is 22.4 Å². The van der Waals surface area contributed by atoms with Crippen molar-refractivity contribution in [3.63, 3.8) is 0 Å². The number of hydrogen-bond acceptors (Lipinski definition) is 9. The number of carboxylic acid groups (broad SMARTS) is 1. The van der Waals surface area contributed by atoms with Crippen molar-refractivity contribution in [3.8, 4) is 23.1 Å². The fourth-order valence-electron chi connectivity index (χ4n) is 3.94. The van der Waals surface area contributed by atoms with Crippen LogP contribution in [0.5, 0.6) is 17.4 Å². The Kier molecular flexibility index (Phi) is 8.05. The lowest BCUT2D eigenvalue weighted by Gasteiger charge is -2.30. The zero-order valence-corrected chi connectivity index (χ0v) is 21.9. The number of tetrazole rings is 1. The summed E-state index contributed by atoms with van der Waals surface area (Å²) in [5.41, 5.74) is -0.0783. The molecule has 0 atom stereocenters. The number of carbonyl (C=O) groups excluding carboxylic acids is 1. The van der Waals surface area contributed by atoms with Crippen molar-refractivity contribution >= 4 is 23.8 Å². The number of likely N-dealkylation sites (tertiary alicyclic amines) is 1. The van der Waals surface area contributed by atoms with Gasteiger partial charge in [-0.1, -0.05) is 11.8 Å². The predicted octanol–water partition coefficient (Wildman–Crippen LogP) is 5.32. The topological polar surface area (TPSA) is 133 Å². The molecule has 15 heteroatoms. The van der Waals surface area contributed by atoms with Gasteiger partial charge in [0, 0.05) is 30.6 Å². The Morgan fingerprint density at radius 2 is 1.63 bits per heavy atom. The Hall–Kier alpha value is -4.66. The molecule has 41 heavy (non-hydrogen) atoms. The third-order valence-corrected chi connectivity index (χ3v) is 7.36. The molecule has 1 saturated heterocycles. The van der Waals surface area contributed by atoms with E-state index in [0.717, 1.165) is 12.1 Å². The summed E-state index contributed by atoms with van der Waals surface area (Å²) >= 11 is 1.48. The van der Waals surface area contributed by atoms with Crippen LogP contribution in [0.1, 0.15) is 28.8 Å². The molecule has 0 radical (unpaired) electrons. The number of nitrogens with zero attached hydrogens (tertiary/aromatic N) is 6. The highest BCUT2D eigenvalue weighted by Gasteiger charge is 2.31. The van der Waals surface area contributed by atoms with Crippen molar-refractivity contribution in [3.05, 3.63) is 78.0 Å². The van der Waals surface area contributed by atoms with Crippen LogP contribution in [0, 0.1) is 0 Å². The van der Waals surface area contributed by atoms with Crippen molar-refractivity contribution in [2.75, 3.05) is 13.1 Å². The van der Waals surface area contributed by atoms with Crippen molar-refractivity contribution in [2.24, 2.45) is 0 Å². The summed E-state index contributed by atoms with van der Waals surface area (Å²) in [7, 11) is 0. The van der Waals surface area contributed by atoms with Crippen LogP contribution in [-0.4, -0.2) is 65.6 Å². The number of hydrogen-bond donors (Lipinski definition) is 1. The van der Waals surface area contributed by atoms with E-state index in [1.165, 1.54) is 52.8 Å². The number of thioether (sulfide) groups is 1. The van der Waals surface area contributed by atoms with E-state index in [4.69, 9.17) is 14.6 Å². The lowest BCUT2D eigenvalue weighted by Crippen LogP contribution is -2.41. The molecule has 5 rings (SSSR count). The summed E-state index contributed by atoms with van der Waals surface area (Å²) in [6.07, 6.45) is -2.94. The van der Waals surface area contributed by atoms with Crippen LogP contribution < -0.4 is 9.47 Å². The van der Waals surface area contributed by atoms with Crippen molar-refractivity contribution in [1.29, 1.82) is 0 Å². The smallest absolute Gasteiger partial charge is 0.417 e. The van der Waals surface area contributed by atoms with E-state index in [0.29, 0.717) is 48.7 Å². The highest BCUT2D eigenvalue weighted by molar-refractivity contribution is 7.99. The molecule has 0 spiro atoms. The summed E-state index contributed by atoms with van der Waals surface area (Å²) in [4.78, 5) is 29.0. The molecule has 0 unspecified atom stereocenters. The number of halogens is 3. The second kappa shape index (κ2) is 11.8. The molecule has 1 fully saturated rings. The van der Waals surface area contributed by atoms with Crippen LogP contribution in [0.4, 0.5) is 18.0 Å². The minimum absolute atomic E-state index is 0.00592. The molecule has 0 bridgehead atoms. The zero-order chi connectivity index (χ0) is 29.0. The molecular formula is C26H21F3N6O5S. The van der Waals surface area contributed by atoms with E-state index in [1.807, 2.05) is 0 Å².